The van der Waals surface area contributed by atoms with Crippen molar-refractivity contribution in [3.8, 4) is 11.4 Å². The van der Waals surface area contributed by atoms with Crippen LogP contribution in [0.2, 0.25) is 0 Å². The smallest absolute Gasteiger partial charge is 0.252 e. The van der Waals surface area contributed by atoms with Crippen molar-refractivity contribution in [2.45, 2.75) is 6.04 Å². The Kier molecular flexibility index (Phi) is 5.16. The molecule has 4 rings (SSSR count). The third-order valence-electron chi connectivity index (χ3n) is 4.87. The lowest BCUT2D eigenvalue weighted by molar-refractivity contribution is 0.0941. The first-order chi connectivity index (χ1) is 14.2. The summed E-state index contributed by atoms with van der Waals surface area (Å²) in [5.74, 6) is 1.36. The van der Waals surface area contributed by atoms with Gasteiger partial charge in [-0.25, -0.2) is 4.98 Å². The molecule has 1 atom stereocenters. The molecule has 2 aromatic heterocycles. The van der Waals surface area contributed by atoms with Gasteiger partial charge in [0, 0.05) is 43.1 Å². The van der Waals surface area contributed by atoms with Crippen LogP contribution < -0.4 is 10.1 Å². The van der Waals surface area contributed by atoms with E-state index in [9.17, 15) is 4.79 Å². The summed E-state index contributed by atoms with van der Waals surface area (Å²) in [6, 6.07) is 18.7. The monoisotopic (exact) mass is 386 g/mol. The molecule has 0 bridgehead atoms. The lowest BCUT2D eigenvalue weighted by Crippen LogP contribution is -2.31. The fraction of sp³-hybridized carbons (Fsp3) is 0.130. The molecule has 1 N–H and O–H groups in total. The Morgan fingerprint density at radius 2 is 1.69 bits per heavy atom. The number of benzene rings is 2. The zero-order valence-electron chi connectivity index (χ0n) is 16.3. The number of hydrogen-bond acceptors (Lipinski definition) is 3. The topological polar surface area (TPSA) is 61.1 Å². The molecule has 4 aromatic rings. The number of aryl methyl sites for hydroxylation is 1. The van der Waals surface area contributed by atoms with Gasteiger partial charge in [0.05, 0.1) is 7.11 Å². The molecule has 1 amide bonds. The Bertz CT molecular complexity index is 1080. The van der Waals surface area contributed by atoms with Gasteiger partial charge in [-0.3, -0.25) is 4.79 Å². The van der Waals surface area contributed by atoms with Crippen molar-refractivity contribution >= 4 is 5.91 Å². The standard InChI is InChI=1S/C23H22N4O2/c1-26-16-13-24-22(26)21(17-7-11-20(29-2)12-8-17)25-23(28)18-5-9-19(10-6-18)27-14-3-4-15-27/h3-16,21H,1-2H3,(H,25,28)/t21-/m0/s1. The van der Waals surface area contributed by atoms with Crippen LogP contribution in [-0.4, -0.2) is 27.1 Å². The van der Waals surface area contributed by atoms with E-state index in [1.54, 1.807) is 13.3 Å². The molecule has 0 saturated heterocycles. The second-order valence-corrected chi connectivity index (χ2v) is 6.71. The second kappa shape index (κ2) is 8.06. The van der Waals surface area contributed by atoms with Gasteiger partial charge in [0.1, 0.15) is 17.6 Å². The second-order valence-electron chi connectivity index (χ2n) is 6.71. The molecule has 0 spiro atoms. The molecule has 146 valence electrons. The van der Waals surface area contributed by atoms with Gasteiger partial charge in [-0.05, 0) is 54.1 Å². The molecule has 2 heterocycles. The van der Waals surface area contributed by atoms with Gasteiger partial charge in [-0.2, -0.15) is 0 Å². The van der Waals surface area contributed by atoms with E-state index < -0.39 is 0 Å². The quantitative estimate of drug-likeness (QED) is 0.549. The Morgan fingerprint density at radius 1 is 1.00 bits per heavy atom. The molecule has 0 aliphatic carbocycles. The van der Waals surface area contributed by atoms with E-state index in [1.165, 1.54) is 0 Å². The molecule has 6 nitrogen and oxygen atoms in total. The van der Waals surface area contributed by atoms with Crippen molar-refractivity contribution in [2.75, 3.05) is 7.11 Å². The first-order valence-corrected chi connectivity index (χ1v) is 9.31. The van der Waals surface area contributed by atoms with Crippen LogP contribution in [0.1, 0.15) is 27.8 Å². The number of nitrogens with one attached hydrogen (secondary N) is 1. The lowest BCUT2D eigenvalue weighted by Gasteiger charge is -2.19. The van der Waals surface area contributed by atoms with E-state index in [0.29, 0.717) is 5.56 Å². The molecule has 0 aliphatic rings. The molecular formula is C23H22N4O2. The average Bonchev–Trinajstić information content (AvgIpc) is 3.44. The summed E-state index contributed by atoms with van der Waals surface area (Å²) in [5, 5.41) is 3.11. The Hall–Kier alpha value is -3.80. The van der Waals surface area contributed by atoms with Gasteiger partial charge in [-0.1, -0.05) is 12.1 Å². The molecular weight excluding hydrogens is 364 g/mol. The molecule has 0 radical (unpaired) electrons. The molecule has 0 saturated carbocycles. The summed E-state index contributed by atoms with van der Waals surface area (Å²) in [6.07, 6.45) is 7.53. The average molecular weight is 386 g/mol. The van der Waals surface area contributed by atoms with Crippen LogP contribution >= 0.6 is 0 Å². The summed E-state index contributed by atoms with van der Waals surface area (Å²) >= 11 is 0. The van der Waals surface area contributed by atoms with Crippen molar-refractivity contribution in [3.05, 3.63) is 102 Å². The maximum atomic E-state index is 13.0. The summed E-state index contributed by atoms with van der Waals surface area (Å²) < 4.78 is 9.15. The summed E-state index contributed by atoms with van der Waals surface area (Å²) in [5.41, 5.74) is 2.52. The fourth-order valence-electron chi connectivity index (χ4n) is 3.25. The van der Waals surface area contributed by atoms with Gasteiger partial charge in [0.15, 0.2) is 0 Å². The van der Waals surface area contributed by atoms with Gasteiger partial charge in [-0.15, -0.1) is 0 Å². The normalized spacial score (nSPS) is 11.8. The van der Waals surface area contributed by atoms with Gasteiger partial charge in [0.2, 0.25) is 0 Å². The summed E-state index contributed by atoms with van der Waals surface area (Å²) in [4.78, 5) is 17.4. The van der Waals surface area contributed by atoms with E-state index in [1.807, 2.05) is 95.4 Å². The summed E-state index contributed by atoms with van der Waals surface area (Å²) in [7, 11) is 3.54. The zero-order chi connectivity index (χ0) is 20.2. The van der Waals surface area contributed by atoms with Gasteiger partial charge in [0.25, 0.3) is 5.91 Å². The number of imidazole rings is 1. The molecule has 2 aromatic carbocycles. The molecule has 0 fully saturated rings. The van der Waals surface area contributed by atoms with Crippen molar-refractivity contribution in [1.82, 2.24) is 19.4 Å². The Balaban J connectivity index is 1.60. The largest absolute Gasteiger partial charge is 0.497 e. The molecule has 0 unspecified atom stereocenters. The number of ether oxygens (including phenoxy) is 1. The van der Waals surface area contributed by atoms with Crippen molar-refractivity contribution in [3.63, 3.8) is 0 Å². The van der Waals surface area contributed by atoms with Crippen LogP contribution in [0.4, 0.5) is 0 Å². The van der Waals surface area contributed by atoms with Crippen LogP contribution in [0.3, 0.4) is 0 Å². The molecule has 6 heteroatoms. The van der Waals surface area contributed by atoms with Crippen molar-refractivity contribution in [2.24, 2.45) is 7.05 Å². The summed E-state index contributed by atoms with van der Waals surface area (Å²) in [6.45, 7) is 0. The molecule has 29 heavy (non-hydrogen) atoms. The minimum Gasteiger partial charge on any atom is -0.497 e. The highest BCUT2D eigenvalue weighted by Gasteiger charge is 2.21. The van der Waals surface area contributed by atoms with E-state index in [2.05, 4.69) is 10.3 Å². The highest BCUT2D eigenvalue weighted by atomic mass is 16.5. The number of carbonyl (C=O) groups excluding carboxylic acids is 1. The minimum atomic E-state index is -0.377. The SMILES string of the molecule is COc1ccc([C@H](NC(=O)c2ccc(-n3cccc3)cc2)c2nccn2C)cc1. The number of methoxy groups -OCH3 is 1. The molecule has 0 aliphatic heterocycles. The van der Waals surface area contributed by atoms with Crippen LogP contribution in [0, 0.1) is 0 Å². The first-order valence-electron chi connectivity index (χ1n) is 9.31. The zero-order valence-corrected chi connectivity index (χ0v) is 16.3. The predicted molar refractivity (Wildman–Crippen MR) is 111 cm³/mol. The third kappa shape index (κ3) is 3.91. The number of carbonyl (C=O) groups is 1. The number of amides is 1. The Morgan fingerprint density at radius 3 is 2.28 bits per heavy atom. The van der Waals surface area contributed by atoms with Crippen LogP contribution in [-0.2, 0) is 7.05 Å². The fourth-order valence-corrected chi connectivity index (χ4v) is 3.25. The highest BCUT2D eigenvalue weighted by molar-refractivity contribution is 5.94. The third-order valence-corrected chi connectivity index (χ3v) is 4.87. The highest BCUT2D eigenvalue weighted by Crippen LogP contribution is 2.23. The number of hydrogen-bond donors (Lipinski definition) is 1. The van der Waals surface area contributed by atoms with Crippen LogP contribution in [0.15, 0.2) is 85.5 Å². The maximum absolute atomic E-state index is 13.0. The van der Waals surface area contributed by atoms with Crippen LogP contribution in [0.25, 0.3) is 5.69 Å². The van der Waals surface area contributed by atoms with E-state index >= 15 is 0 Å². The van der Waals surface area contributed by atoms with Crippen LogP contribution in [0.5, 0.6) is 5.75 Å². The number of rotatable bonds is 6. The van der Waals surface area contributed by atoms with Crippen molar-refractivity contribution in [1.29, 1.82) is 0 Å². The maximum Gasteiger partial charge on any atom is 0.252 e. The Labute approximate surface area is 169 Å². The van der Waals surface area contributed by atoms with Gasteiger partial charge >= 0.3 is 0 Å². The first kappa shape index (κ1) is 18.6. The minimum absolute atomic E-state index is 0.159. The number of nitrogens with zero attached hydrogens (tertiary/aromatic N) is 3. The van der Waals surface area contributed by atoms with Crippen molar-refractivity contribution < 1.29 is 9.53 Å². The van der Waals surface area contributed by atoms with E-state index in [-0.39, 0.29) is 11.9 Å². The predicted octanol–water partition coefficient (Wildman–Crippen LogP) is 3.74. The van der Waals surface area contributed by atoms with Gasteiger partial charge < -0.3 is 19.2 Å². The lowest BCUT2D eigenvalue weighted by atomic mass is 10.0. The number of aromatic nitrogens is 3. The van der Waals surface area contributed by atoms with E-state index in [0.717, 1.165) is 22.8 Å². The van der Waals surface area contributed by atoms with E-state index in [4.69, 9.17) is 4.74 Å².